The Kier molecular flexibility index (Phi) is 6.10. The van der Waals surface area contributed by atoms with Crippen LogP contribution in [0, 0.1) is 0 Å². The van der Waals surface area contributed by atoms with Gasteiger partial charge in [-0.05, 0) is 133 Å². The van der Waals surface area contributed by atoms with Crippen LogP contribution in [0.15, 0.2) is 108 Å². The first-order chi connectivity index (χ1) is 26.1. The molecule has 0 atom stereocenters. The molecule has 268 valence electrons. The van der Waals surface area contributed by atoms with Gasteiger partial charge < -0.3 is 0 Å². The van der Waals surface area contributed by atoms with Crippen LogP contribution < -0.4 is 5.56 Å². The average molecular weight is 713 g/mol. The van der Waals surface area contributed by atoms with E-state index in [4.69, 9.17) is 4.98 Å². The fourth-order valence-electron chi connectivity index (χ4n) is 10.1. The molecule has 2 heterocycles. The number of nitrogens with zero attached hydrogens (tertiary/aromatic N) is 2. The second kappa shape index (κ2) is 10.3. The third kappa shape index (κ3) is 4.16. The Balaban J connectivity index is 1.44. The summed E-state index contributed by atoms with van der Waals surface area (Å²) >= 11 is 0. The van der Waals surface area contributed by atoms with Gasteiger partial charge in [-0.1, -0.05) is 141 Å². The van der Waals surface area contributed by atoms with Crippen LogP contribution in [0.3, 0.4) is 0 Å². The first-order valence-electron chi connectivity index (χ1n) is 19.7. The summed E-state index contributed by atoms with van der Waals surface area (Å²) in [7, 11) is 0. The van der Waals surface area contributed by atoms with E-state index in [1.165, 1.54) is 82.0 Å². The van der Waals surface area contributed by atoms with Crippen molar-refractivity contribution >= 4 is 81.3 Å². The van der Waals surface area contributed by atoms with Crippen LogP contribution in [-0.4, -0.2) is 9.38 Å². The predicted octanol–water partition coefficient (Wildman–Crippen LogP) is 13.7. The molecular formula is C52H44N2O. The largest absolute Gasteiger partial charge is 0.268 e. The van der Waals surface area contributed by atoms with Crippen LogP contribution in [-0.2, 0) is 16.2 Å². The van der Waals surface area contributed by atoms with Gasteiger partial charge in [0.15, 0.2) is 0 Å². The molecule has 11 aromatic rings. The minimum atomic E-state index is -0.0753. The van der Waals surface area contributed by atoms with E-state index in [9.17, 15) is 0 Å². The first kappa shape index (κ1) is 32.6. The monoisotopic (exact) mass is 712 g/mol. The van der Waals surface area contributed by atoms with Crippen LogP contribution in [0.4, 0.5) is 0 Å². The van der Waals surface area contributed by atoms with Crippen LogP contribution in [0.25, 0.3) is 104 Å². The normalized spacial score (nSPS) is 13.6. The van der Waals surface area contributed by atoms with Crippen molar-refractivity contribution in [3.8, 4) is 22.3 Å². The zero-order valence-corrected chi connectivity index (χ0v) is 33.1. The number of imidazole rings is 1. The summed E-state index contributed by atoms with van der Waals surface area (Å²) in [5.41, 5.74) is 10.9. The van der Waals surface area contributed by atoms with Crippen molar-refractivity contribution < 1.29 is 0 Å². The lowest BCUT2D eigenvalue weighted by atomic mass is 9.80. The standard InChI is InChI=1S/C52H44N2O/c1-50(2,3)28-20-23-39-40(24-28)54-48(53-39)46-35-25-33(29-14-10-12-16-37(29)51(4,5)6)31-21-18-27-19-22-32-34(30-15-11-13-17-38(30)52(7,8)9)26-36(47(46)49(54)55)45-43(32)41(27)42(31)44(35)45/h10-26H,1-9H3. The molecule has 0 aliphatic heterocycles. The van der Waals surface area contributed by atoms with Crippen LogP contribution in [0.5, 0.6) is 0 Å². The minimum Gasteiger partial charge on any atom is -0.268 e. The zero-order chi connectivity index (χ0) is 38.1. The van der Waals surface area contributed by atoms with E-state index in [1.807, 2.05) is 4.40 Å². The van der Waals surface area contributed by atoms with Crippen molar-refractivity contribution in [1.82, 2.24) is 9.38 Å². The number of rotatable bonds is 2. The molecule has 55 heavy (non-hydrogen) atoms. The Morgan fingerprint density at radius 1 is 0.455 bits per heavy atom. The molecule has 0 aliphatic rings. The Labute approximate surface area is 320 Å². The van der Waals surface area contributed by atoms with Gasteiger partial charge in [0.1, 0.15) is 5.65 Å². The molecule has 0 bridgehead atoms. The van der Waals surface area contributed by atoms with E-state index < -0.39 is 0 Å². The van der Waals surface area contributed by atoms with Crippen molar-refractivity contribution in [1.29, 1.82) is 0 Å². The van der Waals surface area contributed by atoms with Crippen molar-refractivity contribution in [2.75, 3.05) is 0 Å². The van der Waals surface area contributed by atoms with E-state index in [0.29, 0.717) is 0 Å². The van der Waals surface area contributed by atoms with E-state index in [0.717, 1.165) is 38.2 Å². The van der Waals surface area contributed by atoms with Gasteiger partial charge in [0.25, 0.3) is 5.56 Å². The molecule has 11 rings (SSSR count). The van der Waals surface area contributed by atoms with Crippen molar-refractivity contribution in [2.24, 2.45) is 0 Å². The molecular weight excluding hydrogens is 669 g/mol. The Morgan fingerprint density at radius 2 is 0.964 bits per heavy atom. The van der Waals surface area contributed by atoms with Crippen LogP contribution >= 0.6 is 0 Å². The molecule has 0 spiro atoms. The van der Waals surface area contributed by atoms with Gasteiger partial charge in [-0.25, -0.2) is 4.98 Å². The van der Waals surface area contributed by atoms with Crippen LogP contribution in [0.1, 0.15) is 79.0 Å². The molecule has 0 saturated carbocycles. The highest BCUT2D eigenvalue weighted by molar-refractivity contribution is 6.50. The van der Waals surface area contributed by atoms with Gasteiger partial charge in [0.05, 0.1) is 16.4 Å². The minimum absolute atomic E-state index is 0.00901. The average Bonchev–Trinajstić information content (AvgIpc) is 3.80. The summed E-state index contributed by atoms with van der Waals surface area (Å²) in [6.45, 7) is 20.4. The van der Waals surface area contributed by atoms with E-state index in [1.54, 1.807) is 0 Å². The van der Waals surface area contributed by atoms with Crippen molar-refractivity contribution in [2.45, 2.75) is 78.6 Å². The van der Waals surface area contributed by atoms with E-state index in [2.05, 4.69) is 165 Å². The Morgan fingerprint density at radius 3 is 1.49 bits per heavy atom. The first-order valence-corrected chi connectivity index (χ1v) is 19.7. The smallest absolute Gasteiger partial charge is 0.265 e. The molecule has 9 aromatic carbocycles. The van der Waals surface area contributed by atoms with Gasteiger partial charge in [-0.2, -0.15) is 0 Å². The Bertz CT molecular complexity index is 3430. The fraction of sp³-hybridized carbons (Fsp3) is 0.231. The summed E-state index contributed by atoms with van der Waals surface area (Å²) in [6.07, 6.45) is 0. The van der Waals surface area contributed by atoms with E-state index >= 15 is 4.79 Å². The summed E-state index contributed by atoms with van der Waals surface area (Å²) in [5, 5.41) is 13.9. The molecule has 0 radical (unpaired) electrons. The molecule has 3 nitrogen and oxygen atoms in total. The molecule has 0 unspecified atom stereocenters. The zero-order valence-electron chi connectivity index (χ0n) is 33.1. The van der Waals surface area contributed by atoms with Gasteiger partial charge in [0.2, 0.25) is 0 Å². The van der Waals surface area contributed by atoms with Crippen molar-refractivity contribution in [3.05, 3.63) is 130 Å². The lowest BCUT2D eigenvalue weighted by molar-refractivity contribution is 0.591. The molecule has 0 amide bonds. The second-order valence-electron chi connectivity index (χ2n) is 19.1. The maximum Gasteiger partial charge on any atom is 0.265 e. The van der Waals surface area contributed by atoms with Crippen molar-refractivity contribution in [3.63, 3.8) is 0 Å². The molecule has 2 aromatic heterocycles. The molecule has 3 heteroatoms. The lowest BCUT2D eigenvalue weighted by Gasteiger charge is -2.24. The maximum absolute atomic E-state index is 15.4. The molecule has 0 fully saturated rings. The highest BCUT2D eigenvalue weighted by atomic mass is 16.1. The molecule has 0 saturated heterocycles. The van der Waals surface area contributed by atoms with Crippen LogP contribution in [0.2, 0.25) is 0 Å². The topological polar surface area (TPSA) is 34.4 Å². The maximum atomic E-state index is 15.4. The number of aromatic nitrogens is 2. The second-order valence-corrected chi connectivity index (χ2v) is 19.1. The number of benzene rings is 8. The quantitative estimate of drug-likeness (QED) is 0.167. The Hall–Kier alpha value is -5.80. The number of hydrogen-bond acceptors (Lipinski definition) is 2. The summed E-state index contributed by atoms with van der Waals surface area (Å²) < 4.78 is 1.92. The number of hydrogen-bond donors (Lipinski definition) is 0. The molecule has 0 aliphatic carbocycles. The highest BCUT2D eigenvalue weighted by Gasteiger charge is 2.31. The fourth-order valence-corrected chi connectivity index (χ4v) is 10.1. The highest BCUT2D eigenvalue weighted by Crippen LogP contribution is 2.55. The number of fused-ring (bicyclic) bond motifs is 7. The van der Waals surface area contributed by atoms with Gasteiger partial charge >= 0.3 is 0 Å². The molecule has 0 N–H and O–H groups in total. The van der Waals surface area contributed by atoms with Gasteiger partial charge in [-0.3, -0.25) is 9.20 Å². The third-order valence-corrected chi connectivity index (χ3v) is 12.6. The predicted molar refractivity (Wildman–Crippen MR) is 236 cm³/mol. The SMILES string of the molecule is CC(C)(C)c1ccc2nc3c4c5cc(-c6ccccc6C(C)(C)C)c6ccc7ccc8c(-c9ccccc9C(C)(C)C)cc(c4c(=O)n3c2c1)c1c8c7c6c51. The summed E-state index contributed by atoms with van der Waals surface area (Å²) in [4.78, 5) is 20.7. The van der Waals surface area contributed by atoms with Gasteiger partial charge in [0, 0.05) is 5.39 Å². The summed E-state index contributed by atoms with van der Waals surface area (Å²) in [6, 6.07) is 38.2. The lowest BCUT2D eigenvalue weighted by Crippen LogP contribution is -2.12. The third-order valence-electron chi connectivity index (χ3n) is 12.6. The van der Waals surface area contributed by atoms with E-state index in [-0.39, 0.29) is 21.8 Å². The van der Waals surface area contributed by atoms with Gasteiger partial charge in [-0.15, -0.1) is 0 Å². The summed E-state index contributed by atoms with van der Waals surface area (Å²) in [5.74, 6) is 0.